The maximum absolute atomic E-state index is 13.5. The van der Waals surface area contributed by atoms with Gasteiger partial charge in [0.1, 0.15) is 5.82 Å². The van der Waals surface area contributed by atoms with Gasteiger partial charge in [-0.3, -0.25) is 4.79 Å². The zero-order chi connectivity index (χ0) is 15.7. The molecule has 1 saturated carbocycles. The summed E-state index contributed by atoms with van der Waals surface area (Å²) in [7, 11) is 1.75. The van der Waals surface area contributed by atoms with Gasteiger partial charge in [0.15, 0.2) is 0 Å². The lowest BCUT2D eigenvalue weighted by Crippen LogP contribution is -2.49. The van der Waals surface area contributed by atoms with E-state index in [1.807, 2.05) is 4.90 Å². The molecule has 1 aliphatic carbocycles. The third-order valence-electron chi connectivity index (χ3n) is 5.11. The monoisotopic (exact) mass is 325 g/mol. The van der Waals surface area contributed by atoms with Crippen molar-refractivity contribution in [3.63, 3.8) is 0 Å². The van der Waals surface area contributed by atoms with Crippen molar-refractivity contribution in [1.82, 2.24) is 4.90 Å². The molecule has 0 aromatic heterocycles. The van der Waals surface area contributed by atoms with E-state index in [-0.39, 0.29) is 22.4 Å². The van der Waals surface area contributed by atoms with Gasteiger partial charge in [-0.05, 0) is 43.9 Å². The second-order valence-corrected chi connectivity index (χ2v) is 6.90. The first-order valence-corrected chi connectivity index (χ1v) is 8.20. The van der Waals surface area contributed by atoms with E-state index >= 15 is 0 Å². The Morgan fingerprint density at radius 3 is 2.86 bits per heavy atom. The maximum Gasteiger partial charge on any atom is 0.254 e. The Balaban J connectivity index is 1.81. The SMILES string of the molecule is CO[C@@H]1CCC[C@]12CCCN(C(=O)c1cc(F)cc(Cl)c1)C2. The Labute approximate surface area is 135 Å². The van der Waals surface area contributed by atoms with E-state index in [1.165, 1.54) is 18.2 Å². The summed E-state index contributed by atoms with van der Waals surface area (Å²) in [6.45, 7) is 1.41. The largest absolute Gasteiger partial charge is 0.381 e. The maximum atomic E-state index is 13.5. The van der Waals surface area contributed by atoms with Crippen LogP contribution in [0.1, 0.15) is 42.5 Å². The lowest BCUT2D eigenvalue weighted by molar-refractivity contribution is -0.0295. The minimum absolute atomic E-state index is 0.0692. The van der Waals surface area contributed by atoms with Gasteiger partial charge < -0.3 is 9.64 Å². The number of ether oxygens (including phenoxy) is 1. The van der Waals surface area contributed by atoms with Crippen molar-refractivity contribution in [1.29, 1.82) is 0 Å². The Morgan fingerprint density at radius 2 is 2.14 bits per heavy atom. The molecule has 22 heavy (non-hydrogen) atoms. The number of hydrogen-bond acceptors (Lipinski definition) is 2. The molecule has 1 aromatic rings. The van der Waals surface area contributed by atoms with Crippen molar-refractivity contribution >= 4 is 17.5 Å². The molecule has 1 spiro atoms. The molecule has 1 aromatic carbocycles. The Morgan fingerprint density at radius 1 is 1.36 bits per heavy atom. The fourth-order valence-corrected chi connectivity index (χ4v) is 4.36. The van der Waals surface area contributed by atoms with E-state index in [2.05, 4.69) is 0 Å². The molecule has 1 saturated heterocycles. The number of carbonyl (C=O) groups excluding carboxylic acids is 1. The first-order valence-electron chi connectivity index (χ1n) is 7.82. The molecule has 2 atom stereocenters. The first kappa shape index (κ1) is 15.8. The molecular weight excluding hydrogens is 305 g/mol. The number of carbonyl (C=O) groups is 1. The van der Waals surface area contributed by atoms with Crippen LogP contribution in [0.15, 0.2) is 18.2 Å². The van der Waals surface area contributed by atoms with Gasteiger partial charge in [0.2, 0.25) is 0 Å². The van der Waals surface area contributed by atoms with Crippen molar-refractivity contribution in [2.75, 3.05) is 20.2 Å². The van der Waals surface area contributed by atoms with Crippen molar-refractivity contribution < 1.29 is 13.9 Å². The highest BCUT2D eigenvalue weighted by atomic mass is 35.5. The molecule has 3 nitrogen and oxygen atoms in total. The molecule has 5 heteroatoms. The van der Waals surface area contributed by atoms with E-state index in [0.717, 1.165) is 32.1 Å². The topological polar surface area (TPSA) is 29.5 Å². The molecule has 0 unspecified atom stereocenters. The zero-order valence-corrected chi connectivity index (χ0v) is 13.5. The molecule has 2 aliphatic rings. The van der Waals surface area contributed by atoms with Crippen LogP contribution in [0.25, 0.3) is 0 Å². The normalized spacial score (nSPS) is 28.3. The van der Waals surface area contributed by atoms with Crippen molar-refractivity contribution in [2.24, 2.45) is 5.41 Å². The van der Waals surface area contributed by atoms with E-state index in [0.29, 0.717) is 18.7 Å². The van der Waals surface area contributed by atoms with Crippen molar-refractivity contribution in [3.05, 3.63) is 34.6 Å². The fourth-order valence-electron chi connectivity index (χ4n) is 4.13. The number of amides is 1. The smallest absolute Gasteiger partial charge is 0.254 e. The van der Waals surface area contributed by atoms with Crippen LogP contribution in [-0.4, -0.2) is 37.1 Å². The number of rotatable bonds is 2. The number of nitrogens with zero attached hydrogens (tertiary/aromatic N) is 1. The number of halogens is 2. The molecule has 1 aliphatic heterocycles. The summed E-state index contributed by atoms with van der Waals surface area (Å²) < 4.78 is 19.1. The Hall–Kier alpha value is -1.13. The number of benzene rings is 1. The van der Waals surface area contributed by atoms with E-state index in [4.69, 9.17) is 16.3 Å². The summed E-state index contributed by atoms with van der Waals surface area (Å²) >= 11 is 5.87. The van der Waals surface area contributed by atoms with Crippen molar-refractivity contribution in [3.8, 4) is 0 Å². The highest BCUT2D eigenvalue weighted by Gasteiger charge is 2.46. The quantitative estimate of drug-likeness (QED) is 0.825. The van der Waals surface area contributed by atoms with E-state index < -0.39 is 5.82 Å². The molecule has 1 heterocycles. The summed E-state index contributed by atoms with van der Waals surface area (Å²) in [4.78, 5) is 14.5. The fraction of sp³-hybridized carbons (Fsp3) is 0.588. The van der Waals surface area contributed by atoms with Crippen LogP contribution in [0.4, 0.5) is 4.39 Å². The van der Waals surface area contributed by atoms with Gasteiger partial charge in [-0.15, -0.1) is 0 Å². The average Bonchev–Trinajstić information content (AvgIpc) is 2.87. The van der Waals surface area contributed by atoms with Crippen LogP contribution in [0.3, 0.4) is 0 Å². The van der Waals surface area contributed by atoms with Gasteiger partial charge in [-0.25, -0.2) is 4.39 Å². The van der Waals surface area contributed by atoms with Gasteiger partial charge in [-0.1, -0.05) is 18.0 Å². The molecule has 0 radical (unpaired) electrons. The van der Waals surface area contributed by atoms with E-state index in [9.17, 15) is 9.18 Å². The predicted molar refractivity (Wildman–Crippen MR) is 83.6 cm³/mol. The first-order chi connectivity index (χ1) is 10.5. The van der Waals surface area contributed by atoms with Gasteiger partial charge in [-0.2, -0.15) is 0 Å². The molecule has 1 amide bonds. The number of methoxy groups -OCH3 is 1. The summed E-state index contributed by atoms with van der Waals surface area (Å²) in [6.07, 6.45) is 5.59. The number of piperidine rings is 1. The summed E-state index contributed by atoms with van der Waals surface area (Å²) in [5.41, 5.74) is 0.397. The molecule has 2 fully saturated rings. The minimum Gasteiger partial charge on any atom is -0.381 e. The second-order valence-electron chi connectivity index (χ2n) is 6.47. The van der Waals surface area contributed by atoms with Crippen molar-refractivity contribution in [2.45, 2.75) is 38.2 Å². The summed E-state index contributed by atoms with van der Waals surface area (Å²) in [5, 5.41) is 0.255. The molecule has 0 N–H and O–H groups in total. The Bertz CT molecular complexity index is 560. The minimum atomic E-state index is -0.474. The van der Waals surface area contributed by atoms with Gasteiger partial charge in [0.05, 0.1) is 6.10 Å². The van der Waals surface area contributed by atoms with Gasteiger partial charge >= 0.3 is 0 Å². The van der Waals surface area contributed by atoms with E-state index in [1.54, 1.807) is 7.11 Å². The second kappa shape index (κ2) is 6.17. The Kier molecular flexibility index (Phi) is 4.42. The highest BCUT2D eigenvalue weighted by molar-refractivity contribution is 6.31. The highest BCUT2D eigenvalue weighted by Crippen LogP contribution is 2.46. The van der Waals surface area contributed by atoms with Gasteiger partial charge in [0, 0.05) is 36.2 Å². The van der Waals surface area contributed by atoms with Crippen LogP contribution >= 0.6 is 11.6 Å². The van der Waals surface area contributed by atoms with Crippen LogP contribution < -0.4 is 0 Å². The third-order valence-corrected chi connectivity index (χ3v) is 5.33. The molecule has 0 bridgehead atoms. The standard InChI is InChI=1S/C17H21ClFNO2/c1-22-15-4-2-5-17(15)6-3-7-20(11-17)16(21)12-8-13(18)10-14(19)9-12/h8-10,15H,2-7,11H2,1H3/t15-,17-/m1/s1. The number of likely N-dealkylation sites (tertiary alicyclic amines) is 1. The lowest BCUT2D eigenvalue weighted by atomic mass is 9.76. The predicted octanol–water partition coefficient (Wildman–Crippen LogP) is 3.90. The molecule has 3 rings (SSSR count). The lowest BCUT2D eigenvalue weighted by Gasteiger charge is -2.43. The zero-order valence-electron chi connectivity index (χ0n) is 12.8. The van der Waals surface area contributed by atoms with Crippen LogP contribution in [-0.2, 0) is 4.74 Å². The summed E-state index contributed by atoms with van der Waals surface area (Å²) in [5.74, 6) is -0.611. The number of hydrogen-bond donors (Lipinski definition) is 0. The third kappa shape index (κ3) is 2.86. The molecule has 120 valence electrons. The molecular formula is C17H21ClFNO2. The van der Waals surface area contributed by atoms with Gasteiger partial charge in [0.25, 0.3) is 5.91 Å². The van der Waals surface area contributed by atoms with Crippen LogP contribution in [0.5, 0.6) is 0 Å². The van der Waals surface area contributed by atoms with Crippen LogP contribution in [0, 0.1) is 11.2 Å². The average molecular weight is 326 g/mol. The summed E-state index contributed by atoms with van der Waals surface area (Å²) in [6, 6.07) is 4.02. The van der Waals surface area contributed by atoms with Crippen LogP contribution in [0.2, 0.25) is 5.02 Å².